The second kappa shape index (κ2) is 7.32. The molecule has 0 fully saturated rings. The summed E-state index contributed by atoms with van der Waals surface area (Å²) in [5.41, 5.74) is 3.96. The van der Waals surface area contributed by atoms with Gasteiger partial charge in [-0.25, -0.2) is 9.97 Å². The summed E-state index contributed by atoms with van der Waals surface area (Å²) in [6.07, 6.45) is 2.95. The van der Waals surface area contributed by atoms with Crippen LogP contribution in [-0.4, -0.2) is 15.9 Å². The zero-order chi connectivity index (χ0) is 17.8. The molecule has 2 aromatic carbocycles. The minimum atomic E-state index is -0.297. The topological polar surface area (TPSA) is 66.9 Å². The predicted molar refractivity (Wildman–Crippen MR) is 101 cm³/mol. The number of aryl methyl sites for hydroxylation is 2. The molecule has 0 saturated carbocycles. The fourth-order valence-electron chi connectivity index (χ4n) is 2.36. The van der Waals surface area contributed by atoms with E-state index in [1.54, 1.807) is 12.1 Å². The summed E-state index contributed by atoms with van der Waals surface area (Å²) in [7, 11) is 0. The number of amides is 1. The van der Waals surface area contributed by atoms with Crippen LogP contribution >= 0.6 is 11.6 Å². The molecule has 1 heterocycles. The van der Waals surface area contributed by atoms with Crippen LogP contribution in [0.2, 0.25) is 5.02 Å². The summed E-state index contributed by atoms with van der Waals surface area (Å²) in [4.78, 5) is 20.7. The predicted octanol–water partition coefficient (Wildman–Crippen LogP) is 4.74. The Balaban J connectivity index is 1.70. The molecule has 0 aliphatic carbocycles. The normalized spacial score (nSPS) is 10.4. The Morgan fingerprint density at radius 2 is 1.88 bits per heavy atom. The number of hydrogen-bond donors (Lipinski definition) is 2. The Kier molecular flexibility index (Phi) is 4.95. The highest BCUT2D eigenvalue weighted by molar-refractivity contribution is 6.30. The highest BCUT2D eigenvalue weighted by atomic mass is 35.5. The zero-order valence-electron chi connectivity index (χ0n) is 13.9. The Morgan fingerprint density at radius 3 is 2.56 bits per heavy atom. The average Bonchev–Trinajstić information content (AvgIpc) is 2.58. The van der Waals surface area contributed by atoms with Crippen LogP contribution in [0.4, 0.5) is 17.2 Å². The maximum atomic E-state index is 12.3. The van der Waals surface area contributed by atoms with E-state index in [4.69, 9.17) is 11.6 Å². The highest BCUT2D eigenvalue weighted by Crippen LogP contribution is 2.19. The molecule has 0 saturated heterocycles. The Labute approximate surface area is 151 Å². The minimum Gasteiger partial charge on any atom is -0.339 e. The van der Waals surface area contributed by atoms with Crippen LogP contribution in [0, 0.1) is 13.8 Å². The molecule has 25 heavy (non-hydrogen) atoms. The first-order valence-corrected chi connectivity index (χ1v) is 8.12. The van der Waals surface area contributed by atoms with E-state index < -0.39 is 0 Å². The Bertz CT molecular complexity index is 910. The summed E-state index contributed by atoms with van der Waals surface area (Å²) >= 11 is 5.95. The van der Waals surface area contributed by atoms with Gasteiger partial charge in [-0.2, -0.15) is 0 Å². The summed E-state index contributed by atoms with van der Waals surface area (Å²) in [5.74, 6) is 0.235. The van der Waals surface area contributed by atoms with E-state index >= 15 is 0 Å². The van der Waals surface area contributed by atoms with Crippen molar-refractivity contribution in [2.24, 2.45) is 0 Å². The van der Waals surface area contributed by atoms with Crippen LogP contribution in [0.5, 0.6) is 0 Å². The number of carbonyl (C=O) groups is 1. The summed E-state index contributed by atoms with van der Waals surface area (Å²) < 4.78 is 0. The molecule has 1 aromatic heterocycles. The monoisotopic (exact) mass is 352 g/mol. The Morgan fingerprint density at radius 1 is 1.04 bits per heavy atom. The van der Waals surface area contributed by atoms with E-state index in [2.05, 4.69) is 20.6 Å². The first-order chi connectivity index (χ1) is 12.0. The molecule has 126 valence electrons. The van der Waals surface area contributed by atoms with Gasteiger partial charge < -0.3 is 10.6 Å². The third-order valence-electron chi connectivity index (χ3n) is 3.61. The molecule has 5 nitrogen and oxygen atoms in total. The van der Waals surface area contributed by atoms with Crippen LogP contribution in [0.1, 0.15) is 21.6 Å². The SMILES string of the molecule is Cc1ccc(NC(=O)c2cnc(Nc3cccc(Cl)c3)cn2)c(C)c1. The Hall–Kier alpha value is -2.92. The van der Waals surface area contributed by atoms with Crippen molar-refractivity contribution in [3.05, 3.63) is 76.7 Å². The van der Waals surface area contributed by atoms with E-state index in [0.29, 0.717) is 10.8 Å². The molecular weight excluding hydrogens is 336 g/mol. The van der Waals surface area contributed by atoms with Crippen molar-refractivity contribution in [1.82, 2.24) is 9.97 Å². The molecule has 0 aliphatic rings. The van der Waals surface area contributed by atoms with Crippen molar-refractivity contribution in [2.75, 3.05) is 10.6 Å². The van der Waals surface area contributed by atoms with Crippen LogP contribution < -0.4 is 10.6 Å². The van der Waals surface area contributed by atoms with Crippen LogP contribution in [0.25, 0.3) is 0 Å². The van der Waals surface area contributed by atoms with Crippen molar-refractivity contribution in [3.63, 3.8) is 0 Å². The molecule has 0 unspecified atom stereocenters. The third kappa shape index (κ3) is 4.33. The number of hydrogen-bond acceptors (Lipinski definition) is 4. The third-order valence-corrected chi connectivity index (χ3v) is 3.85. The molecular formula is C19H17ClN4O. The van der Waals surface area contributed by atoms with E-state index in [1.165, 1.54) is 12.4 Å². The van der Waals surface area contributed by atoms with Gasteiger partial charge in [0.2, 0.25) is 0 Å². The zero-order valence-corrected chi connectivity index (χ0v) is 14.6. The highest BCUT2D eigenvalue weighted by Gasteiger charge is 2.10. The van der Waals surface area contributed by atoms with Crippen molar-refractivity contribution in [2.45, 2.75) is 13.8 Å². The van der Waals surface area contributed by atoms with Gasteiger partial charge in [0.15, 0.2) is 0 Å². The lowest BCUT2D eigenvalue weighted by molar-refractivity contribution is 0.102. The number of nitrogens with zero attached hydrogens (tertiary/aromatic N) is 2. The number of carbonyl (C=O) groups excluding carboxylic acids is 1. The number of rotatable bonds is 4. The molecule has 3 rings (SSSR count). The number of nitrogens with one attached hydrogen (secondary N) is 2. The fourth-order valence-corrected chi connectivity index (χ4v) is 2.55. The quantitative estimate of drug-likeness (QED) is 0.711. The first kappa shape index (κ1) is 16.9. The van der Waals surface area contributed by atoms with Crippen molar-refractivity contribution in [1.29, 1.82) is 0 Å². The van der Waals surface area contributed by atoms with Gasteiger partial charge in [0, 0.05) is 16.4 Å². The summed E-state index contributed by atoms with van der Waals surface area (Å²) in [6, 6.07) is 13.1. The van der Waals surface area contributed by atoms with Crippen LogP contribution in [0.15, 0.2) is 54.9 Å². The molecule has 2 N–H and O–H groups in total. The average molecular weight is 353 g/mol. The molecule has 1 amide bonds. The summed E-state index contributed by atoms with van der Waals surface area (Å²) in [5, 5.41) is 6.56. The van der Waals surface area contributed by atoms with E-state index in [1.807, 2.05) is 44.2 Å². The molecule has 0 atom stereocenters. The standard InChI is InChI=1S/C19H17ClN4O/c1-12-6-7-16(13(2)8-12)24-19(25)17-10-22-18(11-21-17)23-15-5-3-4-14(20)9-15/h3-11H,1-2H3,(H,22,23)(H,24,25). The fraction of sp³-hybridized carbons (Fsp3) is 0.105. The van der Waals surface area contributed by atoms with E-state index in [9.17, 15) is 4.79 Å². The maximum Gasteiger partial charge on any atom is 0.275 e. The molecule has 0 spiro atoms. The molecule has 0 bridgehead atoms. The summed E-state index contributed by atoms with van der Waals surface area (Å²) in [6.45, 7) is 3.96. The van der Waals surface area contributed by atoms with Crippen LogP contribution in [0.3, 0.4) is 0 Å². The van der Waals surface area contributed by atoms with Crippen molar-refractivity contribution in [3.8, 4) is 0 Å². The van der Waals surface area contributed by atoms with Gasteiger partial charge in [0.1, 0.15) is 11.5 Å². The molecule has 0 aliphatic heterocycles. The largest absolute Gasteiger partial charge is 0.339 e. The lowest BCUT2D eigenvalue weighted by Gasteiger charge is -2.09. The lowest BCUT2D eigenvalue weighted by Crippen LogP contribution is -2.15. The van der Waals surface area contributed by atoms with Gasteiger partial charge in [-0.3, -0.25) is 4.79 Å². The second-order valence-electron chi connectivity index (χ2n) is 5.69. The number of anilines is 3. The number of benzene rings is 2. The van der Waals surface area contributed by atoms with Crippen molar-refractivity contribution >= 4 is 34.7 Å². The van der Waals surface area contributed by atoms with E-state index in [-0.39, 0.29) is 11.6 Å². The lowest BCUT2D eigenvalue weighted by atomic mass is 10.1. The first-order valence-electron chi connectivity index (χ1n) is 7.74. The number of aromatic nitrogens is 2. The van der Waals surface area contributed by atoms with Crippen LogP contribution in [-0.2, 0) is 0 Å². The smallest absolute Gasteiger partial charge is 0.275 e. The van der Waals surface area contributed by atoms with Gasteiger partial charge in [0.25, 0.3) is 5.91 Å². The van der Waals surface area contributed by atoms with Gasteiger partial charge >= 0.3 is 0 Å². The van der Waals surface area contributed by atoms with Gasteiger partial charge in [-0.1, -0.05) is 35.4 Å². The number of halogens is 1. The van der Waals surface area contributed by atoms with Crippen molar-refractivity contribution < 1.29 is 4.79 Å². The van der Waals surface area contributed by atoms with Gasteiger partial charge in [0.05, 0.1) is 12.4 Å². The minimum absolute atomic E-state index is 0.247. The molecule has 6 heteroatoms. The van der Waals surface area contributed by atoms with Gasteiger partial charge in [-0.15, -0.1) is 0 Å². The van der Waals surface area contributed by atoms with Gasteiger partial charge in [-0.05, 0) is 43.7 Å². The van der Waals surface area contributed by atoms with E-state index in [0.717, 1.165) is 22.5 Å². The molecule has 0 radical (unpaired) electrons. The molecule has 3 aromatic rings. The second-order valence-corrected chi connectivity index (χ2v) is 6.13. The maximum absolute atomic E-state index is 12.3.